The van der Waals surface area contributed by atoms with E-state index in [-0.39, 0.29) is 30.5 Å². The van der Waals surface area contributed by atoms with E-state index in [4.69, 9.17) is 15.0 Å². The number of hydrogen-bond donors (Lipinski definition) is 2. The molecular weight excluding hydrogens is 270 g/mol. The Kier molecular flexibility index (Phi) is 3.90. The lowest BCUT2D eigenvalue weighted by molar-refractivity contribution is -0.125. The van der Waals surface area contributed by atoms with Gasteiger partial charge in [0.15, 0.2) is 5.58 Å². The highest BCUT2D eigenvalue weighted by atomic mass is 16.5. The first-order valence-electron chi connectivity index (χ1n) is 7.19. The SMILES string of the molecule is CCOC1CC(N)C1NC(=O)Cc1noc2ccccc12. The van der Waals surface area contributed by atoms with Crippen LogP contribution in [0.15, 0.2) is 28.8 Å². The van der Waals surface area contributed by atoms with Gasteiger partial charge in [-0.2, -0.15) is 0 Å². The number of para-hydroxylation sites is 1. The largest absolute Gasteiger partial charge is 0.376 e. The van der Waals surface area contributed by atoms with Gasteiger partial charge >= 0.3 is 0 Å². The van der Waals surface area contributed by atoms with E-state index in [2.05, 4.69) is 10.5 Å². The van der Waals surface area contributed by atoms with Crippen molar-refractivity contribution < 1.29 is 14.1 Å². The van der Waals surface area contributed by atoms with Gasteiger partial charge < -0.3 is 20.3 Å². The highest BCUT2D eigenvalue weighted by molar-refractivity contribution is 5.86. The number of fused-ring (bicyclic) bond motifs is 1. The van der Waals surface area contributed by atoms with Gasteiger partial charge in [-0.25, -0.2) is 0 Å². The third-order valence-corrected chi connectivity index (χ3v) is 3.85. The third kappa shape index (κ3) is 2.77. The van der Waals surface area contributed by atoms with E-state index >= 15 is 0 Å². The number of nitrogens with two attached hydrogens (primary N) is 1. The lowest BCUT2D eigenvalue weighted by atomic mass is 9.83. The molecule has 21 heavy (non-hydrogen) atoms. The summed E-state index contributed by atoms with van der Waals surface area (Å²) >= 11 is 0. The summed E-state index contributed by atoms with van der Waals surface area (Å²) in [6.45, 7) is 2.56. The molecule has 0 radical (unpaired) electrons. The fourth-order valence-electron chi connectivity index (χ4n) is 2.68. The number of amides is 1. The van der Waals surface area contributed by atoms with Crippen molar-refractivity contribution in [3.63, 3.8) is 0 Å². The van der Waals surface area contributed by atoms with Gasteiger partial charge in [0, 0.05) is 18.0 Å². The molecule has 3 atom stereocenters. The molecule has 112 valence electrons. The molecule has 1 saturated carbocycles. The Morgan fingerprint density at radius 1 is 1.52 bits per heavy atom. The van der Waals surface area contributed by atoms with Crippen LogP contribution >= 0.6 is 0 Å². The normalized spacial score (nSPS) is 24.8. The third-order valence-electron chi connectivity index (χ3n) is 3.85. The summed E-state index contributed by atoms with van der Waals surface area (Å²) < 4.78 is 10.7. The molecule has 6 heteroatoms. The van der Waals surface area contributed by atoms with E-state index in [1.54, 1.807) is 0 Å². The number of benzene rings is 1. The van der Waals surface area contributed by atoms with Gasteiger partial charge in [0.05, 0.1) is 18.6 Å². The minimum absolute atomic E-state index is 0.0167. The quantitative estimate of drug-likeness (QED) is 0.856. The molecular formula is C15H19N3O3. The summed E-state index contributed by atoms with van der Waals surface area (Å²) in [5.41, 5.74) is 7.26. The summed E-state index contributed by atoms with van der Waals surface area (Å²) in [7, 11) is 0. The van der Waals surface area contributed by atoms with E-state index in [1.807, 2.05) is 31.2 Å². The number of aromatic nitrogens is 1. The van der Waals surface area contributed by atoms with Crippen LogP contribution in [0.3, 0.4) is 0 Å². The van der Waals surface area contributed by atoms with Crippen LogP contribution in [-0.4, -0.2) is 35.9 Å². The second-order valence-electron chi connectivity index (χ2n) is 5.29. The fraction of sp³-hybridized carbons (Fsp3) is 0.467. The molecule has 0 saturated heterocycles. The molecule has 0 aliphatic heterocycles. The van der Waals surface area contributed by atoms with Crippen molar-refractivity contribution in [3.05, 3.63) is 30.0 Å². The van der Waals surface area contributed by atoms with Crippen molar-refractivity contribution in [2.75, 3.05) is 6.61 Å². The highest BCUT2D eigenvalue weighted by Crippen LogP contribution is 2.23. The van der Waals surface area contributed by atoms with Gasteiger partial charge in [-0.05, 0) is 25.5 Å². The molecule has 1 aliphatic rings. The molecule has 3 N–H and O–H groups in total. The Morgan fingerprint density at radius 2 is 2.33 bits per heavy atom. The fourth-order valence-corrected chi connectivity index (χ4v) is 2.68. The number of rotatable bonds is 5. The summed E-state index contributed by atoms with van der Waals surface area (Å²) in [5.74, 6) is -0.112. The first-order chi connectivity index (χ1) is 10.2. The maximum atomic E-state index is 12.1. The molecule has 1 heterocycles. The molecule has 3 rings (SSSR count). The van der Waals surface area contributed by atoms with Gasteiger partial charge in [-0.3, -0.25) is 4.79 Å². The van der Waals surface area contributed by atoms with Crippen molar-refractivity contribution in [2.24, 2.45) is 5.73 Å². The second-order valence-corrected chi connectivity index (χ2v) is 5.29. The highest BCUT2D eigenvalue weighted by Gasteiger charge is 2.40. The zero-order valence-electron chi connectivity index (χ0n) is 11.9. The van der Waals surface area contributed by atoms with Crippen molar-refractivity contribution in [1.29, 1.82) is 0 Å². The summed E-state index contributed by atoms with van der Waals surface area (Å²) in [6.07, 6.45) is 0.980. The van der Waals surface area contributed by atoms with Crippen molar-refractivity contribution in [3.8, 4) is 0 Å². The number of nitrogens with zero attached hydrogens (tertiary/aromatic N) is 1. The molecule has 0 bridgehead atoms. The van der Waals surface area contributed by atoms with Crippen molar-refractivity contribution in [2.45, 2.75) is 38.0 Å². The average molecular weight is 289 g/mol. The van der Waals surface area contributed by atoms with Crippen LogP contribution in [0.2, 0.25) is 0 Å². The lowest BCUT2D eigenvalue weighted by Crippen LogP contribution is -2.65. The van der Waals surface area contributed by atoms with E-state index in [0.717, 1.165) is 11.8 Å². The van der Waals surface area contributed by atoms with E-state index in [1.165, 1.54) is 0 Å². The van der Waals surface area contributed by atoms with Gasteiger partial charge in [0.25, 0.3) is 0 Å². The monoisotopic (exact) mass is 289 g/mol. The lowest BCUT2D eigenvalue weighted by Gasteiger charge is -2.42. The molecule has 1 fully saturated rings. The molecule has 1 aromatic carbocycles. The summed E-state index contributed by atoms with van der Waals surface area (Å²) in [6, 6.07) is 7.34. The van der Waals surface area contributed by atoms with Crippen LogP contribution in [0.5, 0.6) is 0 Å². The number of hydrogen-bond acceptors (Lipinski definition) is 5. The maximum Gasteiger partial charge on any atom is 0.226 e. The summed E-state index contributed by atoms with van der Waals surface area (Å²) in [5, 5.41) is 7.76. The Balaban J connectivity index is 1.64. The Bertz CT molecular complexity index is 638. The Hall–Kier alpha value is -1.92. The number of nitrogens with one attached hydrogen (secondary N) is 1. The van der Waals surface area contributed by atoms with Crippen LogP contribution in [0, 0.1) is 0 Å². The predicted octanol–water partition coefficient (Wildman–Crippen LogP) is 0.991. The molecule has 6 nitrogen and oxygen atoms in total. The van der Waals surface area contributed by atoms with Gasteiger partial charge in [-0.15, -0.1) is 0 Å². The molecule has 1 aromatic heterocycles. The van der Waals surface area contributed by atoms with Crippen molar-refractivity contribution in [1.82, 2.24) is 10.5 Å². The predicted molar refractivity (Wildman–Crippen MR) is 77.7 cm³/mol. The number of ether oxygens (including phenoxy) is 1. The summed E-state index contributed by atoms with van der Waals surface area (Å²) in [4.78, 5) is 12.1. The maximum absolute atomic E-state index is 12.1. The van der Waals surface area contributed by atoms with Crippen LogP contribution in [0.4, 0.5) is 0 Å². The van der Waals surface area contributed by atoms with E-state index in [0.29, 0.717) is 17.9 Å². The molecule has 2 aromatic rings. The van der Waals surface area contributed by atoms with Crippen LogP contribution < -0.4 is 11.1 Å². The molecule has 3 unspecified atom stereocenters. The zero-order chi connectivity index (χ0) is 14.8. The molecule has 1 aliphatic carbocycles. The van der Waals surface area contributed by atoms with E-state index < -0.39 is 0 Å². The average Bonchev–Trinajstić information content (AvgIpc) is 2.88. The van der Waals surface area contributed by atoms with E-state index in [9.17, 15) is 4.79 Å². The molecule has 0 spiro atoms. The molecule has 1 amide bonds. The number of carbonyl (C=O) groups excluding carboxylic acids is 1. The van der Waals surface area contributed by atoms with Crippen LogP contribution in [0.25, 0.3) is 11.0 Å². The minimum atomic E-state index is -0.115. The van der Waals surface area contributed by atoms with Gasteiger partial charge in [0.1, 0.15) is 5.69 Å². The Morgan fingerprint density at radius 3 is 3.10 bits per heavy atom. The number of carbonyl (C=O) groups is 1. The second kappa shape index (κ2) is 5.83. The minimum Gasteiger partial charge on any atom is -0.376 e. The van der Waals surface area contributed by atoms with Gasteiger partial charge in [0.2, 0.25) is 5.91 Å². The van der Waals surface area contributed by atoms with Crippen molar-refractivity contribution >= 4 is 16.9 Å². The topological polar surface area (TPSA) is 90.4 Å². The first-order valence-corrected chi connectivity index (χ1v) is 7.19. The van der Waals surface area contributed by atoms with Gasteiger partial charge in [-0.1, -0.05) is 17.3 Å². The smallest absolute Gasteiger partial charge is 0.226 e. The standard InChI is InChI=1S/C15H19N3O3/c1-2-20-13-7-10(16)15(13)17-14(19)8-11-9-5-3-4-6-12(9)21-18-11/h3-6,10,13,15H,2,7-8,16H2,1H3,(H,17,19). The zero-order valence-corrected chi connectivity index (χ0v) is 11.9. The van der Waals surface area contributed by atoms with Crippen LogP contribution in [-0.2, 0) is 16.0 Å². The Labute approximate surface area is 122 Å². The first kappa shape index (κ1) is 14.0. The van der Waals surface area contributed by atoms with Crippen LogP contribution in [0.1, 0.15) is 19.0 Å².